The van der Waals surface area contributed by atoms with Crippen molar-refractivity contribution in [3.05, 3.63) is 29.8 Å². The Hall–Kier alpha value is -4.36. The van der Waals surface area contributed by atoms with E-state index in [0.717, 1.165) is 11.3 Å². The zero-order valence-electron chi connectivity index (χ0n) is 26.4. The van der Waals surface area contributed by atoms with Gasteiger partial charge in [0.05, 0.1) is 18.2 Å². The van der Waals surface area contributed by atoms with Crippen LogP contribution in [0, 0.1) is 0 Å². The number of alkyl carbamates (subject to hydrolysis) is 1. The normalized spacial score (nSPS) is 22.2. The summed E-state index contributed by atoms with van der Waals surface area (Å²) >= 11 is 0. The summed E-state index contributed by atoms with van der Waals surface area (Å²) in [6.07, 6.45) is 1.75. The molecule has 3 rings (SSSR count). The largest absolute Gasteiger partial charge is 0.491 e. The number of hydrogen-bond donors (Lipinski definition) is 4. The number of para-hydroxylation sites is 1. The first-order valence-corrected chi connectivity index (χ1v) is 15.3. The summed E-state index contributed by atoms with van der Waals surface area (Å²) in [5.41, 5.74) is -0.492. The van der Waals surface area contributed by atoms with E-state index in [-0.39, 0.29) is 49.3 Å². The number of ether oxygens (including phenoxy) is 2. The van der Waals surface area contributed by atoms with Gasteiger partial charge in [-0.15, -0.1) is 0 Å². The Balaban J connectivity index is 1.78. The van der Waals surface area contributed by atoms with E-state index in [9.17, 15) is 33.9 Å². The zero-order valence-corrected chi connectivity index (χ0v) is 26.4. The number of amides is 5. The number of likely N-dealkylation sites (N-methyl/N-ethyl adjacent to an activating group) is 1. The maximum atomic E-state index is 13.8. The quantitative estimate of drug-likeness (QED) is 0.339. The molecule has 0 bridgehead atoms. The molecule has 1 saturated heterocycles. The molecule has 0 saturated carbocycles. The summed E-state index contributed by atoms with van der Waals surface area (Å²) in [6, 6.07) is 3.88. The van der Waals surface area contributed by atoms with Crippen molar-refractivity contribution in [3.8, 4) is 5.75 Å². The van der Waals surface area contributed by atoms with Crippen LogP contribution in [0.2, 0.25) is 0 Å². The molecule has 1 aromatic carbocycles. The minimum Gasteiger partial charge on any atom is -0.491 e. The minimum atomic E-state index is -1.34. The van der Waals surface area contributed by atoms with Crippen LogP contribution < -0.4 is 20.7 Å². The summed E-state index contributed by atoms with van der Waals surface area (Å²) in [4.78, 5) is 79.3. The number of nitrogens with one attached hydrogen (secondary N) is 3. The maximum absolute atomic E-state index is 13.8. The van der Waals surface area contributed by atoms with Crippen molar-refractivity contribution in [2.75, 3.05) is 33.3 Å². The van der Waals surface area contributed by atoms with Crippen LogP contribution in [0.1, 0.15) is 76.1 Å². The first-order chi connectivity index (χ1) is 21.2. The molecule has 1 fully saturated rings. The van der Waals surface area contributed by atoms with Crippen molar-refractivity contribution < 1.29 is 43.3 Å². The molecule has 0 spiro atoms. The Bertz CT molecular complexity index is 1250. The number of carboxylic acids is 1. The van der Waals surface area contributed by atoms with E-state index >= 15 is 0 Å². The average Bonchev–Trinajstić information content (AvgIpc) is 3.44. The maximum Gasteiger partial charge on any atom is 0.407 e. The highest BCUT2D eigenvalue weighted by Crippen LogP contribution is 2.24. The van der Waals surface area contributed by atoms with Crippen molar-refractivity contribution in [2.24, 2.45) is 0 Å². The Morgan fingerprint density at radius 2 is 1.82 bits per heavy atom. The van der Waals surface area contributed by atoms with Gasteiger partial charge in [-0.1, -0.05) is 12.1 Å². The fourth-order valence-electron chi connectivity index (χ4n) is 5.20. The van der Waals surface area contributed by atoms with E-state index < -0.39 is 47.5 Å². The number of hydrogen-bond acceptors (Lipinski definition) is 8. The number of carbonyl (C=O) groups excluding carboxylic acids is 5. The lowest BCUT2D eigenvalue weighted by molar-refractivity contribution is -0.140. The lowest BCUT2D eigenvalue weighted by atomic mass is 10.1. The fraction of sp³-hybridized carbons (Fsp3) is 0.613. The van der Waals surface area contributed by atoms with Gasteiger partial charge in [0.15, 0.2) is 0 Å². The van der Waals surface area contributed by atoms with Crippen molar-refractivity contribution in [2.45, 2.75) is 89.4 Å². The monoisotopic (exact) mass is 631 g/mol. The second-order valence-electron chi connectivity index (χ2n) is 12.3. The number of unbranched alkanes of at least 4 members (excludes halogenated alkanes) is 1. The molecule has 4 N–H and O–H groups in total. The van der Waals surface area contributed by atoms with E-state index in [0.29, 0.717) is 38.8 Å². The van der Waals surface area contributed by atoms with Gasteiger partial charge >= 0.3 is 12.1 Å². The molecule has 0 aromatic heterocycles. The molecule has 3 atom stereocenters. The van der Waals surface area contributed by atoms with Crippen LogP contribution in [-0.4, -0.2) is 108 Å². The molecule has 14 heteroatoms. The van der Waals surface area contributed by atoms with Crippen LogP contribution in [0.5, 0.6) is 5.75 Å². The Kier molecular flexibility index (Phi) is 12.6. The molecule has 45 heavy (non-hydrogen) atoms. The van der Waals surface area contributed by atoms with Crippen LogP contribution in [0.3, 0.4) is 0 Å². The Morgan fingerprint density at radius 3 is 2.53 bits per heavy atom. The van der Waals surface area contributed by atoms with Gasteiger partial charge < -0.3 is 40.3 Å². The summed E-state index contributed by atoms with van der Waals surface area (Å²) in [5.74, 6) is -3.04. The summed E-state index contributed by atoms with van der Waals surface area (Å²) in [7, 11) is 1.41. The molecule has 14 nitrogen and oxygen atoms in total. The van der Waals surface area contributed by atoms with E-state index in [2.05, 4.69) is 16.0 Å². The van der Waals surface area contributed by atoms with Crippen molar-refractivity contribution in [3.63, 3.8) is 0 Å². The van der Waals surface area contributed by atoms with Gasteiger partial charge in [-0.2, -0.15) is 0 Å². The van der Waals surface area contributed by atoms with Crippen molar-refractivity contribution >= 4 is 35.7 Å². The summed E-state index contributed by atoms with van der Waals surface area (Å²) < 4.78 is 11.3. The fourth-order valence-corrected chi connectivity index (χ4v) is 5.20. The van der Waals surface area contributed by atoms with Gasteiger partial charge in [0, 0.05) is 26.6 Å². The SMILES string of the molecule is CN1CC(=O)N[C@@H](CCCCNC(=O)OC(C)(C)C)C(=O)N2CCC[C@@H]2COc2ccccc2C(=O)N[C@H](C(=O)O)CCC1=O. The number of nitrogens with zero attached hydrogens (tertiary/aromatic N) is 2. The second-order valence-corrected chi connectivity index (χ2v) is 12.3. The molecule has 2 aliphatic heterocycles. The number of benzene rings is 1. The second kappa shape index (κ2) is 16.1. The smallest absolute Gasteiger partial charge is 0.407 e. The summed E-state index contributed by atoms with van der Waals surface area (Å²) in [6.45, 7) is 5.84. The third kappa shape index (κ3) is 10.9. The lowest BCUT2D eigenvalue weighted by Gasteiger charge is -2.30. The molecule has 0 aliphatic carbocycles. The first-order valence-electron chi connectivity index (χ1n) is 15.3. The van der Waals surface area contributed by atoms with E-state index in [1.165, 1.54) is 13.1 Å². The average molecular weight is 632 g/mol. The molecule has 2 heterocycles. The van der Waals surface area contributed by atoms with Crippen LogP contribution >= 0.6 is 0 Å². The topological polar surface area (TPSA) is 184 Å². The number of rotatable bonds is 6. The van der Waals surface area contributed by atoms with Crippen LogP contribution in [0.15, 0.2) is 24.3 Å². The molecule has 0 radical (unpaired) electrons. The number of aliphatic carboxylic acids is 1. The number of fused-ring (bicyclic) bond motifs is 2. The predicted octanol–water partition coefficient (Wildman–Crippen LogP) is 1.67. The number of carboxylic acid groups (broad SMARTS) is 1. The van der Waals surface area contributed by atoms with Crippen molar-refractivity contribution in [1.29, 1.82) is 0 Å². The third-order valence-electron chi connectivity index (χ3n) is 7.50. The molecular formula is C31H45N5O9. The van der Waals surface area contributed by atoms with Gasteiger partial charge in [-0.05, 0) is 71.4 Å². The molecule has 5 amide bonds. The number of carbonyl (C=O) groups is 6. The van der Waals surface area contributed by atoms with Crippen LogP contribution in [-0.2, 0) is 23.9 Å². The highest BCUT2D eigenvalue weighted by Gasteiger charge is 2.35. The molecule has 248 valence electrons. The van der Waals surface area contributed by atoms with Gasteiger partial charge in [0.1, 0.15) is 30.0 Å². The molecule has 2 aliphatic rings. The zero-order chi connectivity index (χ0) is 33.1. The Labute approximate surface area is 263 Å². The molecular weight excluding hydrogens is 586 g/mol. The van der Waals surface area contributed by atoms with Gasteiger partial charge in [-0.25, -0.2) is 9.59 Å². The standard InChI is InChI=1S/C31H45N5O9/c1-31(2,3)45-30(43)32-16-8-7-12-22-28(40)36-17-9-10-20(36)19-44-24-13-6-5-11-21(24)27(39)34-23(29(41)42)14-15-26(38)35(4)18-25(37)33-22/h5-6,11,13,20,22-23H,7-10,12,14-19H2,1-4H3,(H,32,43)(H,33,37)(H,34,39)(H,41,42)/t20-,22+,23+/m1/s1. The summed E-state index contributed by atoms with van der Waals surface area (Å²) in [5, 5.41) is 17.6. The van der Waals surface area contributed by atoms with E-state index in [1.54, 1.807) is 43.9 Å². The lowest BCUT2D eigenvalue weighted by Crippen LogP contribution is -2.53. The van der Waals surface area contributed by atoms with E-state index in [1.807, 2.05) is 0 Å². The molecule has 0 unspecified atom stereocenters. The van der Waals surface area contributed by atoms with Crippen LogP contribution in [0.25, 0.3) is 0 Å². The highest BCUT2D eigenvalue weighted by atomic mass is 16.6. The van der Waals surface area contributed by atoms with Crippen molar-refractivity contribution in [1.82, 2.24) is 25.8 Å². The molecule has 1 aromatic rings. The third-order valence-corrected chi connectivity index (χ3v) is 7.50. The first kappa shape index (κ1) is 35.1. The minimum absolute atomic E-state index is 0.0934. The van der Waals surface area contributed by atoms with Gasteiger partial charge in [0.2, 0.25) is 17.7 Å². The van der Waals surface area contributed by atoms with E-state index in [4.69, 9.17) is 9.47 Å². The highest BCUT2D eigenvalue weighted by molar-refractivity contribution is 5.99. The van der Waals surface area contributed by atoms with Gasteiger partial charge in [-0.3, -0.25) is 19.2 Å². The van der Waals surface area contributed by atoms with Crippen LogP contribution in [0.4, 0.5) is 4.79 Å². The Morgan fingerprint density at radius 1 is 1.09 bits per heavy atom. The van der Waals surface area contributed by atoms with Gasteiger partial charge in [0.25, 0.3) is 5.91 Å². The predicted molar refractivity (Wildman–Crippen MR) is 162 cm³/mol.